The molecule has 0 fully saturated rings. The molecule has 3 rings (SSSR count). The molecule has 0 aliphatic carbocycles. The standard InChI is InChI=1S/C21H29N5O3/c1-15(27)23-18(16-7-9-17(29-2)10-8-16)14-21(28)22-12-11-20-25-24-19-6-4-3-5-13-26(19)20/h7-10,18H,3-6,11-14H2,1-2H3,(H,22,28)(H,23,27). The fraction of sp³-hybridized carbons (Fsp3) is 0.524. The number of hydrogen-bond acceptors (Lipinski definition) is 5. The lowest BCUT2D eigenvalue weighted by atomic mass is 10.0. The van der Waals surface area contributed by atoms with Crippen LogP contribution in [0.4, 0.5) is 0 Å². The van der Waals surface area contributed by atoms with Crippen LogP contribution in [0.2, 0.25) is 0 Å². The number of carbonyl (C=O) groups excluding carboxylic acids is 2. The largest absolute Gasteiger partial charge is 0.497 e. The molecule has 2 amide bonds. The highest BCUT2D eigenvalue weighted by Gasteiger charge is 2.18. The van der Waals surface area contributed by atoms with Gasteiger partial charge in [0.2, 0.25) is 11.8 Å². The summed E-state index contributed by atoms with van der Waals surface area (Å²) >= 11 is 0. The molecule has 0 radical (unpaired) electrons. The molecule has 1 atom stereocenters. The molecule has 29 heavy (non-hydrogen) atoms. The van der Waals surface area contributed by atoms with E-state index in [2.05, 4.69) is 25.4 Å². The smallest absolute Gasteiger partial charge is 0.222 e. The van der Waals surface area contributed by atoms with Gasteiger partial charge in [0.1, 0.15) is 17.4 Å². The molecule has 8 nitrogen and oxygen atoms in total. The normalized spacial score (nSPS) is 14.4. The molecule has 156 valence electrons. The average molecular weight is 399 g/mol. The van der Waals surface area contributed by atoms with Crippen molar-refractivity contribution in [2.45, 2.75) is 58.0 Å². The van der Waals surface area contributed by atoms with Crippen LogP contribution in [-0.2, 0) is 29.0 Å². The summed E-state index contributed by atoms with van der Waals surface area (Å²) in [6, 6.07) is 6.97. The van der Waals surface area contributed by atoms with E-state index < -0.39 is 0 Å². The number of nitrogens with zero attached hydrogens (tertiary/aromatic N) is 3. The Morgan fingerprint density at radius 1 is 1.17 bits per heavy atom. The van der Waals surface area contributed by atoms with Gasteiger partial charge in [-0.15, -0.1) is 10.2 Å². The van der Waals surface area contributed by atoms with E-state index in [4.69, 9.17) is 4.74 Å². The van der Waals surface area contributed by atoms with E-state index in [0.717, 1.165) is 48.8 Å². The molecule has 0 bridgehead atoms. The van der Waals surface area contributed by atoms with Crippen molar-refractivity contribution in [3.63, 3.8) is 0 Å². The van der Waals surface area contributed by atoms with E-state index in [1.807, 2.05) is 24.3 Å². The topological polar surface area (TPSA) is 98.1 Å². The maximum absolute atomic E-state index is 12.5. The lowest BCUT2D eigenvalue weighted by molar-refractivity contribution is -0.122. The first kappa shape index (κ1) is 20.8. The molecule has 0 saturated carbocycles. The van der Waals surface area contributed by atoms with Crippen LogP contribution in [0.3, 0.4) is 0 Å². The third kappa shape index (κ3) is 5.79. The van der Waals surface area contributed by atoms with Crippen LogP contribution in [0.1, 0.15) is 55.9 Å². The first-order valence-corrected chi connectivity index (χ1v) is 10.2. The summed E-state index contributed by atoms with van der Waals surface area (Å²) in [5.74, 6) is 2.41. The minimum atomic E-state index is -0.386. The molecule has 1 aromatic carbocycles. The monoisotopic (exact) mass is 399 g/mol. The van der Waals surface area contributed by atoms with Gasteiger partial charge in [-0.3, -0.25) is 9.59 Å². The number of carbonyl (C=O) groups is 2. The van der Waals surface area contributed by atoms with Crippen LogP contribution >= 0.6 is 0 Å². The first-order chi connectivity index (χ1) is 14.1. The Kier molecular flexibility index (Phi) is 7.21. The molecule has 1 aromatic heterocycles. The number of hydrogen-bond donors (Lipinski definition) is 2. The summed E-state index contributed by atoms with van der Waals surface area (Å²) < 4.78 is 7.36. The minimum Gasteiger partial charge on any atom is -0.497 e. The lowest BCUT2D eigenvalue weighted by Crippen LogP contribution is -2.33. The van der Waals surface area contributed by atoms with Crippen LogP contribution in [0.25, 0.3) is 0 Å². The number of rotatable bonds is 8. The third-order valence-corrected chi connectivity index (χ3v) is 5.14. The Labute approximate surface area is 171 Å². The molecular formula is C21H29N5O3. The summed E-state index contributed by atoms with van der Waals surface area (Å²) in [4.78, 5) is 24.1. The van der Waals surface area contributed by atoms with Crippen LogP contribution in [0.5, 0.6) is 5.75 Å². The second-order valence-electron chi connectivity index (χ2n) is 7.33. The van der Waals surface area contributed by atoms with E-state index in [0.29, 0.717) is 13.0 Å². The van der Waals surface area contributed by atoms with Gasteiger partial charge in [-0.25, -0.2) is 0 Å². The van der Waals surface area contributed by atoms with Gasteiger partial charge in [0.15, 0.2) is 0 Å². The Hall–Kier alpha value is -2.90. The molecule has 1 aliphatic rings. The van der Waals surface area contributed by atoms with Gasteiger partial charge >= 0.3 is 0 Å². The highest BCUT2D eigenvalue weighted by Crippen LogP contribution is 2.20. The summed E-state index contributed by atoms with van der Waals surface area (Å²) in [6.07, 6.45) is 5.31. The van der Waals surface area contributed by atoms with Crippen molar-refractivity contribution in [3.8, 4) is 5.75 Å². The zero-order valence-corrected chi connectivity index (χ0v) is 17.1. The van der Waals surface area contributed by atoms with Crippen molar-refractivity contribution in [2.75, 3.05) is 13.7 Å². The second-order valence-corrected chi connectivity index (χ2v) is 7.33. The van der Waals surface area contributed by atoms with Crippen LogP contribution in [0, 0.1) is 0 Å². The van der Waals surface area contributed by atoms with Crippen molar-refractivity contribution in [1.29, 1.82) is 0 Å². The second kappa shape index (κ2) is 10.0. The highest BCUT2D eigenvalue weighted by atomic mass is 16.5. The zero-order valence-electron chi connectivity index (χ0n) is 17.1. The Morgan fingerprint density at radius 2 is 1.97 bits per heavy atom. The Morgan fingerprint density at radius 3 is 2.69 bits per heavy atom. The molecule has 2 heterocycles. The predicted octanol–water partition coefficient (Wildman–Crippen LogP) is 1.94. The number of benzene rings is 1. The predicted molar refractivity (Wildman–Crippen MR) is 108 cm³/mol. The maximum atomic E-state index is 12.5. The van der Waals surface area contributed by atoms with Gasteiger partial charge in [0.25, 0.3) is 0 Å². The van der Waals surface area contributed by atoms with Gasteiger partial charge in [-0.05, 0) is 30.5 Å². The van der Waals surface area contributed by atoms with Gasteiger partial charge in [-0.1, -0.05) is 18.6 Å². The first-order valence-electron chi connectivity index (χ1n) is 10.2. The van der Waals surface area contributed by atoms with Crippen molar-refractivity contribution < 1.29 is 14.3 Å². The van der Waals surface area contributed by atoms with Crippen molar-refractivity contribution in [2.24, 2.45) is 0 Å². The molecule has 2 N–H and O–H groups in total. The van der Waals surface area contributed by atoms with Crippen molar-refractivity contribution >= 4 is 11.8 Å². The third-order valence-electron chi connectivity index (χ3n) is 5.14. The average Bonchev–Trinajstić information content (AvgIpc) is 2.93. The number of fused-ring (bicyclic) bond motifs is 1. The number of aryl methyl sites for hydroxylation is 1. The summed E-state index contributed by atoms with van der Waals surface area (Å²) in [7, 11) is 1.60. The summed E-state index contributed by atoms with van der Waals surface area (Å²) in [5.41, 5.74) is 0.860. The zero-order chi connectivity index (χ0) is 20.6. The quantitative estimate of drug-likeness (QED) is 0.707. The van der Waals surface area contributed by atoms with Crippen LogP contribution in [0.15, 0.2) is 24.3 Å². The van der Waals surface area contributed by atoms with E-state index in [-0.39, 0.29) is 24.3 Å². The summed E-state index contributed by atoms with van der Waals surface area (Å²) in [6.45, 7) is 2.89. The Bertz CT molecular complexity index is 831. The minimum absolute atomic E-state index is 0.116. The van der Waals surface area contributed by atoms with E-state index in [9.17, 15) is 9.59 Å². The number of amides is 2. The van der Waals surface area contributed by atoms with Gasteiger partial charge in [0, 0.05) is 32.9 Å². The highest BCUT2D eigenvalue weighted by molar-refractivity contribution is 5.79. The number of aromatic nitrogens is 3. The van der Waals surface area contributed by atoms with Gasteiger partial charge in [-0.2, -0.15) is 0 Å². The van der Waals surface area contributed by atoms with E-state index in [1.165, 1.54) is 13.3 Å². The van der Waals surface area contributed by atoms with E-state index in [1.54, 1.807) is 7.11 Å². The SMILES string of the molecule is COc1ccc(C(CC(=O)NCCc2nnc3n2CCCCC3)NC(C)=O)cc1. The fourth-order valence-corrected chi connectivity index (χ4v) is 3.64. The van der Waals surface area contributed by atoms with Crippen molar-refractivity contribution in [1.82, 2.24) is 25.4 Å². The Balaban J connectivity index is 1.54. The molecular weight excluding hydrogens is 370 g/mol. The number of methoxy groups -OCH3 is 1. The molecule has 1 aliphatic heterocycles. The van der Waals surface area contributed by atoms with Gasteiger partial charge in [0.05, 0.1) is 19.6 Å². The van der Waals surface area contributed by atoms with Crippen LogP contribution in [-0.4, -0.2) is 40.2 Å². The molecule has 8 heteroatoms. The van der Waals surface area contributed by atoms with E-state index >= 15 is 0 Å². The van der Waals surface area contributed by atoms with Crippen molar-refractivity contribution in [3.05, 3.63) is 41.5 Å². The molecule has 1 unspecified atom stereocenters. The molecule has 0 spiro atoms. The summed E-state index contributed by atoms with van der Waals surface area (Å²) in [5, 5.41) is 14.4. The van der Waals surface area contributed by atoms with Gasteiger partial charge < -0.3 is 19.9 Å². The number of ether oxygens (including phenoxy) is 1. The molecule has 2 aromatic rings. The fourth-order valence-electron chi connectivity index (χ4n) is 3.64. The lowest BCUT2D eigenvalue weighted by Gasteiger charge is -2.18. The number of nitrogens with one attached hydrogen (secondary N) is 2. The molecule has 0 saturated heterocycles. The van der Waals surface area contributed by atoms with Crippen LogP contribution < -0.4 is 15.4 Å². The maximum Gasteiger partial charge on any atom is 0.222 e.